The molecule has 0 spiro atoms. The maximum absolute atomic E-state index is 14.8. The second-order valence-electron chi connectivity index (χ2n) is 12.1. The number of allylic oxidation sites excluding steroid dienone is 2. The summed E-state index contributed by atoms with van der Waals surface area (Å²) in [5.74, 6) is -2.66. The summed E-state index contributed by atoms with van der Waals surface area (Å²) in [5.41, 5.74) is 1.06. The Morgan fingerprint density at radius 1 is 1.31 bits per heavy atom. The van der Waals surface area contributed by atoms with E-state index in [-0.39, 0.29) is 44.1 Å². The van der Waals surface area contributed by atoms with Gasteiger partial charge in [-0.3, -0.25) is 14.9 Å². The van der Waals surface area contributed by atoms with Crippen LogP contribution in [0.3, 0.4) is 0 Å². The first-order valence-electron chi connectivity index (χ1n) is 16.0. The lowest BCUT2D eigenvalue weighted by molar-refractivity contribution is -0.159. The van der Waals surface area contributed by atoms with Crippen molar-refractivity contribution in [3.05, 3.63) is 76.7 Å². The zero-order valence-electron chi connectivity index (χ0n) is 27.5. The predicted octanol–water partition coefficient (Wildman–Crippen LogP) is 4.69. The largest absolute Gasteiger partial charge is 0.460 e. The van der Waals surface area contributed by atoms with Crippen LogP contribution >= 0.6 is 15.9 Å². The summed E-state index contributed by atoms with van der Waals surface area (Å²) in [6, 6.07) is 2.27. The Bertz CT molecular complexity index is 1580. The van der Waals surface area contributed by atoms with Crippen LogP contribution in [0.5, 0.6) is 0 Å². The molecular formula is C34H41BrFN5O8. The maximum Gasteiger partial charge on any atom is 0.411 e. The summed E-state index contributed by atoms with van der Waals surface area (Å²) >= 11 is 3.24. The Labute approximate surface area is 292 Å². The standard InChI is InChI=1S/C34H41BrFN5O8/c1-20-6-4-11-38-29(43)9-8-21(2)31(22(3)18-48-34(46)39-24-10-12-37-28(35)17-24)49-33(45)27-7-5-13-41(27)32(44)26-19-47-30(40-26)16-23(36)15-25(42)14-20/h4,6,8-10,12,14,17,19,21-23,25,27,31,42H,5,7,11,13,15-16,18H2,1-3H3,(H,38,43)(H,37,39,46)/b6-4+,9-8+,20-14+/t21-,22+,23-,25-,27-,31+/m1/s1. The number of ether oxygens (including phenoxy) is 2. The molecule has 2 aliphatic heterocycles. The van der Waals surface area contributed by atoms with Gasteiger partial charge in [-0.05, 0) is 53.9 Å². The number of aliphatic hydroxyl groups excluding tert-OH is 1. The second kappa shape index (κ2) is 17.9. The van der Waals surface area contributed by atoms with Crippen molar-refractivity contribution in [1.82, 2.24) is 20.2 Å². The van der Waals surface area contributed by atoms with Gasteiger partial charge in [0.15, 0.2) is 11.6 Å². The average molecular weight is 747 g/mol. The van der Waals surface area contributed by atoms with Crippen LogP contribution in [0.4, 0.5) is 14.9 Å². The molecule has 264 valence electrons. The Hall–Kier alpha value is -4.37. The number of aromatic nitrogens is 2. The van der Waals surface area contributed by atoms with E-state index in [0.29, 0.717) is 28.7 Å². The topological polar surface area (TPSA) is 173 Å². The minimum absolute atomic E-state index is 0.00814. The number of nitrogens with one attached hydrogen (secondary N) is 2. The number of halogens is 2. The number of alkyl halides is 1. The highest BCUT2D eigenvalue weighted by Gasteiger charge is 2.39. The molecule has 3 amide bonds. The van der Waals surface area contributed by atoms with Crippen LogP contribution in [0.2, 0.25) is 0 Å². The summed E-state index contributed by atoms with van der Waals surface area (Å²) in [4.78, 5) is 61.7. The molecule has 2 aromatic heterocycles. The van der Waals surface area contributed by atoms with Gasteiger partial charge in [-0.1, -0.05) is 43.7 Å². The van der Waals surface area contributed by atoms with Crippen LogP contribution in [0.1, 0.15) is 56.4 Å². The molecule has 1 fully saturated rings. The van der Waals surface area contributed by atoms with Crippen molar-refractivity contribution in [3.63, 3.8) is 0 Å². The van der Waals surface area contributed by atoms with Crippen molar-refractivity contribution in [2.24, 2.45) is 11.8 Å². The fourth-order valence-electron chi connectivity index (χ4n) is 5.57. The number of hydrogen-bond donors (Lipinski definition) is 3. The number of amides is 3. The quantitative estimate of drug-likeness (QED) is 0.295. The summed E-state index contributed by atoms with van der Waals surface area (Å²) in [7, 11) is 0. The number of nitrogens with zero attached hydrogens (tertiary/aromatic N) is 3. The lowest BCUT2D eigenvalue weighted by atomic mass is 9.93. The number of esters is 1. The lowest BCUT2D eigenvalue weighted by Gasteiger charge is -2.30. The minimum atomic E-state index is -1.50. The molecule has 4 heterocycles. The van der Waals surface area contributed by atoms with E-state index >= 15 is 0 Å². The van der Waals surface area contributed by atoms with E-state index in [2.05, 4.69) is 36.5 Å². The SMILES string of the molecule is CC1=C\[C@@H](O)C[C@@H](F)Cc2nc(co2)C(=O)N2CCC[C@@H]2C(=O)O[C@H]([C@@H](C)COC(=O)Nc2ccnc(Br)c2)[C@H](C)/C=C/C(=O)NC\C=C\1. The predicted molar refractivity (Wildman–Crippen MR) is 180 cm³/mol. The fourth-order valence-corrected chi connectivity index (χ4v) is 5.93. The Morgan fingerprint density at radius 2 is 2.10 bits per heavy atom. The van der Waals surface area contributed by atoms with Crippen LogP contribution in [0, 0.1) is 11.8 Å². The first-order chi connectivity index (χ1) is 23.4. The third kappa shape index (κ3) is 11.3. The van der Waals surface area contributed by atoms with Crippen LogP contribution in [-0.4, -0.2) is 88.0 Å². The molecule has 0 aromatic carbocycles. The van der Waals surface area contributed by atoms with Crippen molar-refractivity contribution < 1.29 is 42.6 Å². The van der Waals surface area contributed by atoms with Crippen LogP contribution in [0.25, 0.3) is 0 Å². The lowest BCUT2D eigenvalue weighted by Crippen LogP contribution is -2.44. The molecule has 2 bridgehead atoms. The molecule has 2 aliphatic rings. The summed E-state index contributed by atoms with van der Waals surface area (Å²) in [6.45, 7) is 5.58. The highest BCUT2D eigenvalue weighted by Crippen LogP contribution is 2.26. The zero-order valence-corrected chi connectivity index (χ0v) is 29.1. The van der Waals surface area contributed by atoms with Gasteiger partial charge >= 0.3 is 12.1 Å². The molecular weight excluding hydrogens is 705 g/mol. The second-order valence-corrected chi connectivity index (χ2v) is 12.9. The van der Waals surface area contributed by atoms with Gasteiger partial charge in [0.2, 0.25) is 5.91 Å². The number of anilines is 1. The molecule has 49 heavy (non-hydrogen) atoms. The number of carbonyl (C=O) groups is 4. The highest BCUT2D eigenvalue weighted by molar-refractivity contribution is 9.10. The normalized spacial score (nSPS) is 27.5. The van der Waals surface area contributed by atoms with Crippen LogP contribution < -0.4 is 10.6 Å². The highest BCUT2D eigenvalue weighted by atomic mass is 79.9. The van der Waals surface area contributed by atoms with Crippen LogP contribution in [0.15, 0.2) is 69.6 Å². The van der Waals surface area contributed by atoms with E-state index < -0.39 is 60.1 Å². The van der Waals surface area contributed by atoms with Gasteiger partial charge in [0, 0.05) is 43.2 Å². The zero-order chi connectivity index (χ0) is 35.5. The van der Waals surface area contributed by atoms with E-state index in [1.165, 1.54) is 23.2 Å². The molecule has 4 rings (SSSR count). The Kier molecular flexibility index (Phi) is 13.6. The van der Waals surface area contributed by atoms with Crippen molar-refractivity contribution in [2.45, 2.75) is 70.9 Å². The fraction of sp³-hybridized carbons (Fsp3) is 0.471. The number of cyclic esters (lactones) is 1. The monoisotopic (exact) mass is 745 g/mol. The molecule has 0 saturated carbocycles. The molecule has 1 saturated heterocycles. The van der Waals surface area contributed by atoms with Gasteiger partial charge in [-0.2, -0.15) is 0 Å². The van der Waals surface area contributed by atoms with Gasteiger partial charge in [-0.25, -0.2) is 23.9 Å². The summed E-state index contributed by atoms with van der Waals surface area (Å²) in [5, 5.41) is 15.7. The average Bonchev–Trinajstić information content (AvgIpc) is 3.73. The first-order valence-corrected chi connectivity index (χ1v) is 16.8. The smallest absolute Gasteiger partial charge is 0.411 e. The van der Waals surface area contributed by atoms with E-state index in [9.17, 15) is 28.7 Å². The van der Waals surface area contributed by atoms with E-state index in [4.69, 9.17) is 13.9 Å². The molecule has 3 N–H and O–H groups in total. The number of rotatable bonds is 4. The molecule has 13 nitrogen and oxygen atoms in total. The van der Waals surface area contributed by atoms with E-state index in [1.807, 2.05) is 0 Å². The van der Waals surface area contributed by atoms with Gasteiger partial charge in [0.05, 0.1) is 19.1 Å². The molecule has 0 aliphatic carbocycles. The Balaban J connectivity index is 1.54. The third-order valence-corrected chi connectivity index (χ3v) is 8.45. The van der Waals surface area contributed by atoms with Gasteiger partial charge in [0.25, 0.3) is 5.91 Å². The number of oxazole rings is 1. The number of hydrogen-bond acceptors (Lipinski definition) is 10. The third-order valence-electron chi connectivity index (χ3n) is 8.01. The Morgan fingerprint density at radius 3 is 2.88 bits per heavy atom. The number of aliphatic hydroxyl groups is 1. The minimum Gasteiger partial charge on any atom is -0.460 e. The molecule has 6 atom stereocenters. The summed E-state index contributed by atoms with van der Waals surface area (Å²) in [6.07, 6.45) is 6.71. The maximum atomic E-state index is 14.8. The van der Waals surface area contributed by atoms with Crippen molar-refractivity contribution in [1.29, 1.82) is 0 Å². The van der Waals surface area contributed by atoms with Gasteiger partial charge in [0.1, 0.15) is 29.2 Å². The number of fused-ring (bicyclic) bond motifs is 3. The van der Waals surface area contributed by atoms with Crippen LogP contribution in [-0.2, 0) is 25.5 Å². The number of pyridine rings is 1. The molecule has 0 unspecified atom stereocenters. The van der Waals surface area contributed by atoms with Crippen molar-refractivity contribution >= 4 is 45.5 Å². The van der Waals surface area contributed by atoms with Crippen molar-refractivity contribution in [2.75, 3.05) is 25.0 Å². The molecule has 2 aromatic rings. The van der Waals surface area contributed by atoms with E-state index in [0.717, 1.165) is 6.26 Å². The van der Waals surface area contributed by atoms with E-state index in [1.54, 1.807) is 51.1 Å². The van der Waals surface area contributed by atoms with Gasteiger partial charge < -0.3 is 29.2 Å². The number of carbonyl (C=O) groups excluding carboxylic acids is 4. The first kappa shape index (κ1) is 37.4. The van der Waals surface area contributed by atoms with Gasteiger partial charge in [-0.15, -0.1) is 0 Å². The molecule has 0 radical (unpaired) electrons. The van der Waals surface area contributed by atoms with Crippen molar-refractivity contribution in [3.8, 4) is 0 Å². The summed E-state index contributed by atoms with van der Waals surface area (Å²) < 4.78 is 32.1. The molecule has 15 heteroatoms.